The molecule has 1 heterocycles. The third-order valence-corrected chi connectivity index (χ3v) is 8.62. The predicted octanol–water partition coefficient (Wildman–Crippen LogP) is 5.51. The number of carbonyl (C=O) groups is 6. The lowest BCUT2D eigenvalue weighted by atomic mass is 9.70. The number of anilines is 1. The van der Waals surface area contributed by atoms with E-state index in [1.54, 1.807) is 76.9 Å². The van der Waals surface area contributed by atoms with E-state index in [0.29, 0.717) is 62.8 Å². The number of carbonyl (C=O) groups excluding carboxylic acids is 6. The largest absolute Gasteiger partial charge is 0.448 e. The number of benzene rings is 2. The molecule has 45 heavy (non-hydrogen) atoms. The highest BCUT2D eigenvalue weighted by Gasteiger charge is 2.38. The van der Waals surface area contributed by atoms with E-state index < -0.39 is 11.5 Å². The predicted molar refractivity (Wildman–Crippen MR) is 171 cm³/mol. The molecule has 1 aliphatic heterocycles. The molecule has 0 saturated carbocycles. The van der Waals surface area contributed by atoms with Gasteiger partial charge in [-0.25, -0.2) is 4.79 Å². The van der Waals surface area contributed by atoms with E-state index in [1.807, 2.05) is 6.92 Å². The summed E-state index contributed by atoms with van der Waals surface area (Å²) in [6, 6.07) is 8.39. The van der Waals surface area contributed by atoms with Crippen LogP contribution in [0.2, 0.25) is 0 Å². The fourth-order valence-corrected chi connectivity index (χ4v) is 6.14. The van der Waals surface area contributed by atoms with E-state index >= 15 is 0 Å². The molecule has 0 unspecified atom stereocenters. The zero-order valence-corrected chi connectivity index (χ0v) is 27.1. The van der Waals surface area contributed by atoms with Gasteiger partial charge in [-0.3, -0.25) is 39.1 Å². The number of nitrogens with one attached hydrogen (secondary N) is 1. The van der Waals surface area contributed by atoms with Gasteiger partial charge in [0.05, 0.1) is 12.2 Å². The number of hydrogen-bond donors (Lipinski definition) is 1. The summed E-state index contributed by atoms with van der Waals surface area (Å²) in [4.78, 5) is 80.5. The molecule has 10 nitrogen and oxygen atoms in total. The third-order valence-electron chi connectivity index (χ3n) is 8.62. The second-order valence-corrected chi connectivity index (χ2v) is 12.5. The minimum Gasteiger partial charge on any atom is -0.448 e. The van der Waals surface area contributed by atoms with Crippen molar-refractivity contribution in [2.75, 3.05) is 38.6 Å². The van der Waals surface area contributed by atoms with Gasteiger partial charge in [-0.05, 0) is 52.4 Å². The minimum absolute atomic E-state index is 0.00411. The first-order chi connectivity index (χ1) is 21.2. The van der Waals surface area contributed by atoms with Crippen LogP contribution in [-0.2, 0) is 19.1 Å². The summed E-state index contributed by atoms with van der Waals surface area (Å²) >= 11 is 0. The molecule has 2 aromatic rings. The first-order valence-electron chi connectivity index (χ1n) is 15.2. The number of rotatable bonds is 12. The molecule has 0 saturated heterocycles. The van der Waals surface area contributed by atoms with E-state index in [-0.39, 0.29) is 55.3 Å². The Morgan fingerprint density at radius 3 is 2.22 bits per heavy atom. The molecule has 0 aromatic heterocycles. The highest BCUT2D eigenvalue weighted by Crippen LogP contribution is 2.39. The first kappa shape index (κ1) is 33.5. The number of imide groups is 1. The van der Waals surface area contributed by atoms with Crippen molar-refractivity contribution in [3.8, 4) is 0 Å². The number of ketones is 3. The highest BCUT2D eigenvalue weighted by molar-refractivity contribution is 6.27. The smallest absolute Gasteiger partial charge is 0.411 e. The Hall–Kier alpha value is -4.44. The zero-order valence-electron chi connectivity index (χ0n) is 27.1. The van der Waals surface area contributed by atoms with Crippen LogP contribution in [0, 0.1) is 5.41 Å². The summed E-state index contributed by atoms with van der Waals surface area (Å²) in [6.45, 7) is 11.2. The van der Waals surface area contributed by atoms with Crippen LogP contribution >= 0.6 is 0 Å². The Morgan fingerprint density at radius 1 is 0.911 bits per heavy atom. The van der Waals surface area contributed by atoms with Crippen LogP contribution in [0.15, 0.2) is 52.6 Å². The SMILES string of the molecule is CCCCN1C(=O)c2cccc3c(NC(=O)OCCN(C)CC(=O)CC(C)(C)C4=C(C)C(=O)C(C)=C(C)C4=O)ccc(c23)C1=O. The van der Waals surface area contributed by atoms with Crippen molar-refractivity contribution in [2.45, 2.75) is 60.8 Å². The van der Waals surface area contributed by atoms with E-state index in [2.05, 4.69) is 5.32 Å². The van der Waals surface area contributed by atoms with Crippen LogP contribution in [0.4, 0.5) is 10.5 Å². The summed E-state index contributed by atoms with van der Waals surface area (Å²) in [5.41, 5.74) is 2.04. The van der Waals surface area contributed by atoms with Crippen molar-refractivity contribution >= 4 is 51.7 Å². The van der Waals surface area contributed by atoms with Crippen LogP contribution in [0.5, 0.6) is 0 Å². The molecule has 1 N–H and O–H groups in total. The standard InChI is InChI=1S/C35H41N3O7/c1-8-9-15-38-32(42)25-12-10-11-24-27(14-13-26(28(24)25)33(38)43)36-34(44)45-17-16-37(7)19-23(39)18-35(5,6)29-22(4)30(40)20(2)21(3)31(29)41/h10-14H,8-9,15-19H2,1-7H3,(H,36,44). The Bertz CT molecular complexity index is 1660. The number of allylic oxidation sites excluding steroid dienone is 4. The molecule has 1 aliphatic carbocycles. The van der Waals surface area contributed by atoms with Crippen LogP contribution in [-0.4, -0.2) is 78.3 Å². The lowest BCUT2D eigenvalue weighted by molar-refractivity contribution is -0.122. The van der Waals surface area contributed by atoms with Crippen LogP contribution in [0.3, 0.4) is 0 Å². The second kappa shape index (κ2) is 13.3. The molecule has 10 heteroatoms. The number of amides is 3. The van der Waals surface area contributed by atoms with Gasteiger partial charge >= 0.3 is 6.09 Å². The lowest BCUT2D eigenvalue weighted by Crippen LogP contribution is -2.40. The van der Waals surface area contributed by atoms with Gasteiger partial charge in [0.1, 0.15) is 12.4 Å². The minimum atomic E-state index is -0.825. The van der Waals surface area contributed by atoms with Gasteiger partial charge in [-0.15, -0.1) is 0 Å². The van der Waals surface area contributed by atoms with Crippen molar-refractivity contribution < 1.29 is 33.5 Å². The Kier molecular flexibility index (Phi) is 9.87. The summed E-state index contributed by atoms with van der Waals surface area (Å²) in [5, 5.41) is 3.78. The van der Waals surface area contributed by atoms with Gasteiger partial charge in [0.25, 0.3) is 11.8 Å². The van der Waals surface area contributed by atoms with E-state index in [0.717, 1.165) is 6.42 Å². The van der Waals surface area contributed by atoms with E-state index in [4.69, 9.17) is 4.74 Å². The third kappa shape index (κ3) is 6.66. The topological polar surface area (TPSA) is 130 Å². The molecule has 0 fully saturated rings. The van der Waals surface area contributed by atoms with Gasteiger partial charge in [-0.1, -0.05) is 39.3 Å². The monoisotopic (exact) mass is 615 g/mol. The average Bonchev–Trinajstić information content (AvgIpc) is 2.97. The number of likely N-dealkylation sites (N-methyl/N-ethyl adjacent to an activating group) is 1. The maximum absolute atomic E-state index is 13.1. The zero-order chi connectivity index (χ0) is 33.2. The lowest BCUT2D eigenvalue weighted by Gasteiger charge is -2.31. The summed E-state index contributed by atoms with van der Waals surface area (Å²) in [5.74, 6) is -1.17. The van der Waals surface area contributed by atoms with Crippen molar-refractivity contribution in [1.29, 1.82) is 0 Å². The van der Waals surface area contributed by atoms with Crippen molar-refractivity contribution in [3.63, 3.8) is 0 Å². The average molecular weight is 616 g/mol. The van der Waals surface area contributed by atoms with Gasteiger partial charge < -0.3 is 4.74 Å². The van der Waals surface area contributed by atoms with Gasteiger partial charge in [0.2, 0.25) is 0 Å². The van der Waals surface area contributed by atoms with Crippen LogP contribution < -0.4 is 5.32 Å². The normalized spacial score (nSPS) is 15.5. The highest BCUT2D eigenvalue weighted by atomic mass is 16.5. The van der Waals surface area contributed by atoms with Gasteiger partial charge in [0.15, 0.2) is 11.6 Å². The number of ether oxygens (including phenoxy) is 1. The summed E-state index contributed by atoms with van der Waals surface area (Å²) in [7, 11) is 1.73. The van der Waals surface area contributed by atoms with Crippen LogP contribution in [0.25, 0.3) is 10.8 Å². The molecule has 0 bridgehead atoms. The summed E-state index contributed by atoms with van der Waals surface area (Å²) < 4.78 is 5.37. The number of hydrogen-bond acceptors (Lipinski definition) is 8. The number of Topliss-reactive ketones (excluding diaryl/α,β-unsaturated/α-hetero) is 3. The van der Waals surface area contributed by atoms with Crippen LogP contribution in [0.1, 0.15) is 81.5 Å². The van der Waals surface area contributed by atoms with Crippen molar-refractivity contribution in [2.24, 2.45) is 5.41 Å². The summed E-state index contributed by atoms with van der Waals surface area (Å²) in [6.07, 6.45) is 0.929. The molecular weight excluding hydrogens is 574 g/mol. The van der Waals surface area contributed by atoms with E-state index in [9.17, 15) is 28.8 Å². The quantitative estimate of drug-likeness (QED) is 0.245. The maximum atomic E-state index is 13.1. The molecule has 2 aliphatic rings. The van der Waals surface area contributed by atoms with Gasteiger partial charge in [0, 0.05) is 69.1 Å². The Balaban J connectivity index is 1.33. The van der Waals surface area contributed by atoms with Crippen molar-refractivity contribution in [3.05, 3.63) is 63.8 Å². The molecule has 0 atom stereocenters. The Labute approximate surface area is 263 Å². The fourth-order valence-electron chi connectivity index (χ4n) is 6.14. The maximum Gasteiger partial charge on any atom is 0.411 e. The van der Waals surface area contributed by atoms with Crippen molar-refractivity contribution in [1.82, 2.24) is 9.80 Å². The molecular formula is C35H41N3O7. The molecule has 238 valence electrons. The number of nitrogens with zero attached hydrogens (tertiary/aromatic N) is 2. The first-order valence-corrected chi connectivity index (χ1v) is 15.2. The second-order valence-electron chi connectivity index (χ2n) is 12.5. The van der Waals surface area contributed by atoms with E-state index in [1.165, 1.54) is 4.90 Å². The molecule has 0 spiro atoms. The Morgan fingerprint density at radius 2 is 1.56 bits per heavy atom. The van der Waals surface area contributed by atoms with Gasteiger partial charge in [-0.2, -0.15) is 0 Å². The fraction of sp³-hybridized carbons (Fsp3) is 0.429. The number of unbranched alkanes of at least 4 members (excludes halogenated alkanes) is 1. The molecule has 2 aromatic carbocycles. The molecule has 0 radical (unpaired) electrons. The molecule has 4 rings (SSSR count). The molecule has 3 amide bonds.